The van der Waals surface area contributed by atoms with Crippen LogP contribution in [0.5, 0.6) is 0 Å². The number of aliphatic hydroxyl groups excluding tert-OH is 1. The van der Waals surface area contributed by atoms with Gasteiger partial charge in [0.15, 0.2) is 11.4 Å². The van der Waals surface area contributed by atoms with Crippen molar-refractivity contribution in [2.45, 2.75) is 68.9 Å². The summed E-state index contributed by atoms with van der Waals surface area (Å²) >= 11 is 1.56. The van der Waals surface area contributed by atoms with Gasteiger partial charge in [0.05, 0.1) is 18.8 Å². The van der Waals surface area contributed by atoms with E-state index in [1.165, 1.54) is 6.33 Å². The highest BCUT2D eigenvalue weighted by atomic mass is 32.2. The molecule has 1 aliphatic heterocycles. The van der Waals surface area contributed by atoms with Crippen molar-refractivity contribution in [1.82, 2.24) is 26.0 Å². The summed E-state index contributed by atoms with van der Waals surface area (Å²) in [5.41, 5.74) is 7.42. The SMILES string of the molecule is O=C(CCCCC(=O)NCc1cccc(-c2ccc([C@@H]3O[C@H](CSc4ncn[nH]4)C[C@H](c4ccc(CO)cc4)O3)cc2)c1)NO. The molecular formula is C33H37N5O6S. The molecule has 0 unspecified atom stereocenters. The van der Waals surface area contributed by atoms with Gasteiger partial charge in [-0.1, -0.05) is 78.5 Å². The van der Waals surface area contributed by atoms with Crippen LogP contribution < -0.4 is 10.8 Å². The summed E-state index contributed by atoms with van der Waals surface area (Å²) in [6.07, 6.45) is 2.94. The molecule has 4 aromatic rings. The average Bonchev–Trinajstić information content (AvgIpc) is 3.62. The van der Waals surface area contributed by atoms with Gasteiger partial charge in [0.1, 0.15) is 6.33 Å². The number of aliphatic hydroxyl groups is 1. The van der Waals surface area contributed by atoms with Crippen LogP contribution in [0.1, 0.15) is 66.8 Å². The maximum Gasteiger partial charge on any atom is 0.243 e. The highest BCUT2D eigenvalue weighted by Crippen LogP contribution is 2.39. The van der Waals surface area contributed by atoms with Crippen molar-refractivity contribution in [3.05, 3.63) is 101 Å². The Kier molecular flexibility index (Phi) is 11.7. The maximum atomic E-state index is 12.2. The number of nitrogens with zero attached hydrogens (tertiary/aromatic N) is 2. The zero-order valence-corrected chi connectivity index (χ0v) is 25.5. The summed E-state index contributed by atoms with van der Waals surface area (Å²) < 4.78 is 12.9. The first-order chi connectivity index (χ1) is 22.0. The Morgan fingerprint density at radius 3 is 2.38 bits per heavy atom. The minimum atomic E-state index is -0.560. The second-order valence-corrected chi connectivity index (χ2v) is 11.8. The van der Waals surface area contributed by atoms with Gasteiger partial charge in [-0.05, 0) is 46.7 Å². The number of hydroxylamine groups is 1. The molecular weight excluding hydrogens is 594 g/mol. The van der Waals surface area contributed by atoms with E-state index >= 15 is 0 Å². The van der Waals surface area contributed by atoms with Crippen LogP contribution in [0.15, 0.2) is 84.3 Å². The van der Waals surface area contributed by atoms with Crippen molar-refractivity contribution in [1.29, 1.82) is 0 Å². The van der Waals surface area contributed by atoms with Gasteiger partial charge in [-0.3, -0.25) is 19.9 Å². The number of thioether (sulfide) groups is 1. The van der Waals surface area contributed by atoms with Crippen molar-refractivity contribution < 1.29 is 29.4 Å². The standard InChI is InChI=1S/C33H37N5O6S/c39-19-22-8-10-25(11-9-22)29-17-28(20-45-33-35-21-36-37-33)43-32(44-29)26-14-12-24(13-15-26)27-5-3-4-23(16-27)18-34-30(40)6-1-2-7-31(41)38-42/h3-5,8-16,21,28-29,32,39,42H,1-2,6-7,17-20H2,(H,34,40)(H,38,41)(H,35,36,37)/t28-,29+,32+/m0/s1. The number of carbonyl (C=O) groups is 2. The van der Waals surface area contributed by atoms with Gasteiger partial charge in [-0.25, -0.2) is 10.5 Å². The molecule has 1 aromatic heterocycles. The number of amides is 2. The van der Waals surface area contributed by atoms with E-state index < -0.39 is 12.2 Å². The Labute approximate surface area is 265 Å². The lowest BCUT2D eigenvalue weighted by atomic mass is 9.99. The zero-order valence-electron chi connectivity index (χ0n) is 24.7. The van der Waals surface area contributed by atoms with Gasteiger partial charge in [0, 0.05) is 37.1 Å². The summed E-state index contributed by atoms with van der Waals surface area (Å²) in [6.45, 7) is 0.396. The number of rotatable bonds is 14. The van der Waals surface area contributed by atoms with E-state index in [9.17, 15) is 14.7 Å². The fourth-order valence-electron chi connectivity index (χ4n) is 5.07. The summed E-state index contributed by atoms with van der Waals surface area (Å²) in [7, 11) is 0. The molecule has 11 nitrogen and oxygen atoms in total. The first-order valence-corrected chi connectivity index (χ1v) is 15.9. The second kappa shape index (κ2) is 16.3. The van der Waals surface area contributed by atoms with E-state index in [0.29, 0.717) is 38.0 Å². The molecule has 5 N–H and O–H groups in total. The monoisotopic (exact) mass is 631 g/mol. The number of H-pyrrole nitrogens is 1. The number of aromatic amines is 1. The maximum absolute atomic E-state index is 12.2. The minimum absolute atomic E-state index is 0.00701. The van der Waals surface area contributed by atoms with Crippen LogP contribution in [0.25, 0.3) is 11.1 Å². The normalized spacial score (nSPS) is 18.0. The van der Waals surface area contributed by atoms with Crippen LogP contribution in [0, 0.1) is 0 Å². The Balaban J connectivity index is 1.21. The summed E-state index contributed by atoms with van der Waals surface area (Å²) in [4.78, 5) is 27.5. The van der Waals surface area contributed by atoms with E-state index in [1.807, 2.05) is 66.7 Å². The van der Waals surface area contributed by atoms with E-state index in [4.69, 9.17) is 14.7 Å². The molecule has 0 saturated carbocycles. The predicted molar refractivity (Wildman–Crippen MR) is 168 cm³/mol. The van der Waals surface area contributed by atoms with Crippen LogP contribution in [0.4, 0.5) is 0 Å². The molecule has 0 bridgehead atoms. The number of hydrogen-bond acceptors (Lipinski definition) is 9. The number of carbonyl (C=O) groups excluding carboxylic acids is 2. The Hall–Kier alpha value is -4.07. The van der Waals surface area contributed by atoms with Crippen LogP contribution in [0.3, 0.4) is 0 Å². The molecule has 1 saturated heterocycles. The van der Waals surface area contributed by atoms with Crippen molar-refractivity contribution in [3.8, 4) is 11.1 Å². The molecule has 1 aliphatic rings. The lowest BCUT2D eigenvalue weighted by Gasteiger charge is -2.36. The lowest BCUT2D eigenvalue weighted by molar-refractivity contribution is -0.245. The highest BCUT2D eigenvalue weighted by molar-refractivity contribution is 7.99. The zero-order chi connectivity index (χ0) is 31.4. The average molecular weight is 632 g/mol. The third kappa shape index (κ3) is 9.46. The topological polar surface area (TPSA) is 159 Å². The van der Waals surface area contributed by atoms with E-state index in [-0.39, 0.29) is 31.1 Å². The quantitative estimate of drug-likeness (QED) is 0.0560. The molecule has 0 radical (unpaired) electrons. The fourth-order valence-corrected chi connectivity index (χ4v) is 5.87. The van der Waals surface area contributed by atoms with Crippen molar-refractivity contribution >= 4 is 23.6 Å². The van der Waals surface area contributed by atoms with Crippen LogP contribution in [-0.2, 0) is 32.2 Å². The Morgan fingerprint density at radius 2 is 1.67 bits per heavy atom. The second-order valence-electron chi connectivity index (χ2n) is 10.8. The van der Waals surface area contributed by atoms with Gasteiger partial charge in [-0.2, -0.15) is 5.10 Å². The molecule has 2 amide bonds. The molecule has 45 heavy (non-hydrogen) atoms. The molecule has 3 aromatic carbocycles. The molecule has 3 atom stereocenters. The molecule has 1 fully saturated rings. The number of aromatic nitrogens is 3. The van der Waals surface area contributed by atoms with Crippen molar-refractivity contribution in [2.75, 3.05) is 5.75 Å². The number of nitrogens with one attached hydrogen (secondary N) is 3. The number of benzene rings is 3. The molecule has 0 spiro atoms. The van der Waals surface area contributed by atoms with Crippen LogP contribution >= 0.6 is 11.8 Å². The minimum Gasteiger partial charge on any atom is -0.392 e. The van der Waals surface area contributed by atoms with Gasteiger partial charge in [-0.15, -0.1) is 0 Å². The van der Waals surface area contributed by atoms with E-state index in [0.717, 1.165) is 38.5 Å². The molecule has 12 heteroatoms. The van der Waals surface area contributed by atoms with Crippen molar-refractivity contribution in [3.63, 3.8) is 0 Å². The van der Waals surface area contributed by atoms with Gasteiger partial charge in [0.2, 0.25) is 11.8 Å². The lowest BCUT2D eigenvalue weighted by Crippen LogP contribution is -2.31. The number of unbranched alkanes of at least 4 members (excludes halogenated alkanes) is 1. The smallest absolute Gasteiger partial charge is 0.243 e. The fraction of sp³-hybridized carbons (Fsp3) is 0.333. The van der Waals surface area contributed by atoms with Crippen LogP contribution in [-0.4, -0.2) is 49.2 Å². The van der Waals surface area contributed by atoms with Crippen molar-refractivity contribution in [2.24, 2.45) is 0 Å². The predicted octanol–water partition coefficient (Wildman–Crippen LogP) is 4.98. The third-order valence-corrected chi connectivity index (χ3v) is 8.54. The van der Waals surface area contributed by atoms with Crippen LogP contribution in [0.2, 0.25) is 0 Å². The van der Waals surface area contributed by atoms with Gasteiger partial charge in [0.25, 0.3) is 0 Å². The van der Waals surface area contributed by atoms with E-state index in [2.05, 4.69) is 26.6 Å². The molecule has 0 aliphatic carbocycles. The molecule has 5 rings (SSSR count). The highest BCUT2D eigenvalue weighted by Gasteiger charge is 2.32. The largest absolute Gasteiger partial charge is 0.392 e. The first-order valence-electron chi connectivity index (χ1n) is 14.9. The molecule has 2 heterocycles. The number of hydrogen-bond donors (Lipinski definition) is 5. The first kappa shape index (κ1) is 32.3. The Bertz CT molecular complexity index is 1520. The Morgan fingerprint density at radius 1 is 0.911 bits per heavy atom. The molecule has 236 valence electrons. The summed E-state index contributed by atoms with van der Waals surface area (Å²) in [6, 6.07) is 24.0. The summed E-state index contributed by atoms with van der Waals surface area (Å²) in [5.74, 6) is 0.153. The van der Waals surface area contributed by atoms with Gasteiger partial charge >= 0.3 is 0 Å². The third-order valence-electron chi connectivity index (χ3n) is 7.53. The van der Waals surface area contributed by atoms with E-state index in [1.54, 1.807) is 17.2 Å². The number of ether oxygens (including phenoxy) is 2. The van der Waals surface area contributed by atoms with Gasteiger partial charge < -0.3 is 19.9 Å². The summed E-state index contributed by atoms with van der Waals surface area (Å²) in [5, 5.41) is 28.5.